The molecule has 1 atom stereocenters. The summed E-state index contributed by atoms with van der Waals surface area (Å²) in [7, 11) is 0. The number of imidazole rings is 1. The van der Waals surface area contributed by atoms with Crippen molar-refractivity contribution in [3.8, 4) is 0 Å². The van der Waals surface area contributed by atoms with Crippen molar-refractivity contribution in [3.63, 3.8) is 0 Å². The molecule has 0 amide bonds. The summed E-state index contributed by atoms with van der Waals surface area (Å²) in [5.41, 5.74) is 0. The Hall–Kier alpha value is -1.09. The molecule has 0 fully saturated rings. The lowest BCUT2D eigenvalue weighted by Gasteiger charge is -2.05. The van der Waals surface area contributed by atoms with Gasteiger partial charge in [0.1, 0.15) is 0 Å². The minimum absolute atomic E-state index is 0.173. The van der Waals surface area contributed by atoms with E-state index in [9.17, 15) is 0 Å². The molecule has 1 N–H and O–H groups in total. The van der Waals surface area contributed by atoms with E-state index in [2.05, 4.69) is 24.1 Å². The summed E-state index contributed by atoms with van der Waals surface area (Å²) < 4.78 is 2.00. The fraction of sp³-hybridized carbons (Fsp3) is 0.500. The number of nitrogens with zero attached hydrogens (tertiary/aromatic N) is 2. The predicted octanol–water partition coefficient (Wildman–Crippen LogP) is -0.524. The van der Waals surface area contributed by atoms with Gasteiger partial charge in [-0.05, 0) is 12.3 Å². The minimum atomic E-state index is 0.173. The lowest BCUT2D eigenvalue weighted by atomic mass is 10.0. The molecule has 0 bridgehead atoms. The predicted molar refractivity (Wildman–Crippen MR) is 51.3 cm³/mol. The van der Waals surface area contributed by atoms with Crippen LogP contribution in [0.3, 0.4) is 0 Å². The largest absolute Gasteiger partial charge is 0.395 e. The molecule has 1 aliphatic carbocycles. The maximum Gasteiger partial charge on any atom is 0.0958 e. The Balaban J connectivity index is 2.50. The van der Waals surface area contributed by atoms with E-state index < -0.39 is 0 Å². The van der Waals surface area contributed by atoms with Gasteiger partial charge in [-0.15, -0.1) is 0 Å². The van der Waals surface area contributed by atoms with Gasteiger partial charge in [-0.2, -0.15) is 0 Å². The second-order valence-corrected chi connectivity index (χ2v) is 3.52. The zero-order valence-corrected chi connectivity index (χ0v) is 7.77. The van der Waals surface area contributed by atoms with Crippen LogP contribution < -0.4 is 10.7 Å². The molecule has 3 heteroatoms. The summed E-state index contributed by atoms with van der Waals surface area (Å²) in [6, 6.07) is 0. The van der Waals surface area contributed by atoms with Gasteiger partial charge in [0.15, 0.2) is 0 Å². The Morgan fingerprint density at radius 3 is 3.31 bits per heavy atom. The maximum absolute atomic E-state index is 8.82. The molecule has 1 heterocycles. The first kappa shape index (κ1) is 8.51. The van der Waals surface area contributed by atoms with E-state index in [0.717, 1.165) is 17.1 Å². The van der Waals surface area contributed by atoms with Crippen LogP contribution in [-0.4, -0.2) is 21.3 Å². The third kappa shape index (κ3) is 1.52. The highest BCUT2D eigenvalue weighted by molar-refractivity contribution is 5.35. The molecule has 0 unspecified atom stereocenters. The monoisotopic (exact) mass is 178 g/mol. The summed E-state index contributed by atoms with van der Waals surface area (Å²) in [5, 5.41) is 11.0. The first-order valence-corrected chi connectivity index (χ1v) is 4.65. The summed E-state index contributed by atoms with van der Waals surface area (Å²) in [6.07, 6.45) is 7.25. The lowest BCUT2D eigenvalue weighted by molar-refractivity contribution is 0.274. The summed E-state index contributed by atoms with van der Waals surface area (Å²) in [5.74, 6) is 0.588. The Labute approximate surface area is 77.0 Å². The van der Waals surface area contributed by atoms with Crippen LogP contribution in [0.5, 0.6) is 0 Å². The molecule has 2 rings (SSSR count). The number of aliphatic hydroxyl groups excluding tert-OH is 1. The molecule has 13 heavy (non-hydrogen) atoms. The van der Waals surface area contributed by atoms with Crippen molar-refractivity contribution in [2.75, 3.05) is 6.61 Å². The molecule has 0 spiro atoms. The summed E-state index contributed by atoms with van der Waals surface area (Å²) in [6.45, 7) is 3.00. The van der Waals surface area contributed by atoms with Crippen molar-refractivity contribution < 1.29 is 5.11 Å². The van der Waals surface area contributed by atoms with E-state index >= 15 is 0 Å². The number of rotatable bonds is 2. The van der Waals surface area contributed by atoms with Crippen LogP contribution in [0, 0.1) is 5.92 Å². The van der Waals surface area contributed by atoms with E-state index in [1.54, 1.807) is 6.33 Å². The third-order valence-electron chi connectivity index (χ3n) is 2.37. The van der Waals surface area contributed by atoms with Crippen LogP contribution >= 0.6 is 0 Å². The first-order chi connectivity index (χ1) is 6.31. The van der Waals surface area contributed by atoms with Gasteiger partial charge < -0.3 is 9.67 Å². The van der Waals surface area contributed by atoms with E-state index in [-0.39, 0.29) is 6.61 Å². The number of aromatic nitrogens is 2. The van der Waals surface area contributed by atoms with Crippen LogP contribution in [0.15, 0.2) is 6.33 Å². The average Bonchev–Trinajstić information content (AvgIpc) is 2.49. The van der Waals surface area contributed by atoms with Gasteiger partial charge in [0.25, 0.3) is 0 Å². The molecule has 3 nitrogen and oxygen atoms in total. The topological polar surface area (TPSA) is 38.0 Å². The normalized spacial score (nSPS) is 20.3. The van der Waals surface area contributed by atoms with Crippen LogP contribution in [0.2, 0.25) is 0 Å². The Bertz CT molecular complexity index is 405. The van der Waals surface area contributed by atoms with E-state index in [1.165, 1.54) is 0 Å². The Morgan fingerprint density at radius 1 is 1.69 bits per heavy atom. The van der Waals surface area contributed by atoms with Gasteiger partial charge in [0, 0.05) is 6.54 Å². The van der Waals surface area contributed by atoms with E-state index in [1.807, 2.05) is 4.57 Å². The van der Waals surface area contributed by atoms with Gasteiger partial charge in [-0.25, -0.2) is 4.98 Å². The maximum atomic E-state index is 8.82. The molecular weight excluding hydrogens is 164 g/mol. The van der Waals surface area contributed by atoms with Crippen molar-refractivity contribution in [3.05, 3.63) is 17.0 Å². The van der Waals surface area contributed by atoms with Crippen LogP contribution in [0.4, 0.5) is 0 Å². The lowest BCUT2D eigenvalue weighted by Crippen LogP contribution is -2.33. The second-order valence-electron chi connectivity index (χ2n) is 3.52. The van der Waals surface area contributed by atoms with Crippen molar-refractivity contribution in [2.24, 2.45) is 5.92 Å². The molecule has 0 aromatic carbocycles. The van der Waals surface area contributed by atoms with Gasteiger partial charge in [-0.1, -0.05) is 19.1 Å². The summed E-state index contributed by atoms with van der Waals surface area (Å²) >= 11 is 0. The molecule has 0 radical (unpaired) electrons. The van der Waals surface area contributed by atoms with Gasteiger partial charge in [0.05, 0.1) is 23.6 Å². The minimum Gasteiger partial charge on any atom is -0.395 e. The molecule has 0 saturated heterocycles. The quantitative estimate of drug-likeness (QED) is 0.661. The molecule has 0 aliphatic heterocycles. The number of aliphatic hydroxyl groups is 1. The number of fused-ring (bicyclic) bond motifs is 1. The molecule has 1 aromatic heterocycles. The highest BCUT2D eigenvalue weighted by atomic mass is 16.3. The smallest absolute Gasteiger partial charge is 0.0958 e. The third-order valence-corrected chi connectivity index (χ3v) is 2.37. The average molecular weight is 178 g/mol. The van der Waals surface area contributed by atoms with E-state index in [4.69, 9.17) is 5.11 Å². The molecule has 70 valence electrons. The fourth-order valence-electron chi connectivity index (χ4n) is 1.68. The number of hydrogen-bond donors (Lipinski definition) is 1. The van der Waals surface area contributed by atoms with Gasteiger partial charge >= 0.3 is 0 Å². The Kier molecular flexibility index (Phi) is 2.19. The fourth-order valence-corrected chi connectivity index (χ4v) is 1.68. The van der Waals surface area contributed by atoms with Crippen molar-refractivity contribution in [2.45, 2.75) is 19.9 Å². The van der Waals surface area contributed by atoms with E-state index in [0.29, 0.717) is 12.5 Å². The molecule has 0 saturated carbocycles. The molecular formula is C10H14N2O. The summed E-state index contributed by atoms with van der Waals surface area (Å²) in [4.78, 5) is 4.29. The zero-order valence-electron chi connectivity index (χ0n) is 7.77. The highest BCUT2D eigenvalue weighted by Crippen LogP contribution is 2.05. The van der Waals surface area contributed by atoms with Gasteiger partial charge in [0.2, 0.25) is 0 Å². The van der Waals surface area contributed by atoms with Crippen molar-refractivity contribution in [1.29, 1.82) is 0 Å². The zero-order chi connectivity index (χ0) is 9.26. The highest BCUT2D eigenvalue weighted by Gasteiger charge is 2.05. The molecule has 1 aromatic rings. The van der Waals surface area contributed by atoms with Crippen molar-refractivity contribution in [1.82, 2.24) is 9.55 Å². The SMILES string of the molecule is C[C@@H]1C=c2ncn(CCO)c2=CC1. The second kappa shape index (κ2) is 3.34. The number of hydrogen-bond acceptors (Lipinski definition) is 2. The van der Waals surface area contributed by atoms with Gasteiger partial charge in [-0.3, -0.25) is 0 Å². The first-order valence-electron chi connectivity index (χ1n) is 4.65. The standard InChI is InChI=1S/C10H14N2O/c1-8-2-3-10-9(6-8)11-7-12(10)4-5-13/h3,6-8,13H,2,4-5H2,1H3/t8-/m0/s1. The van der Waals surface area contributed by atoms with Crippen LogP contribution in [0.25, 0.3) is 12.2 Å². The van der Waals surface area contributed by atoms with Crippen molar-refractivity contribution >= 4 is 12.2 Å². The molecule has 1 aliphatic rings. The van der Waals surface area contributed by atoms with Crippen LogP contribution in [-0.2, 0) is 6.54 Å². The van der Waals surface area contributed by atoms with Crippen LogP contribution in [0.1, 0.15) is 13.3 Å². The Morgan fingerprint density at radius 2 is 2.54 bits per heavy atom.